The van der Waals surface area contributed by atoms with Crippen LogP contribution in [0.3, 0.4) is 0 Å². The molecule has 1 aliphatic heterocycles. The number of nitrogens with one attached hydrogen (secondary N) is 1. The zero-order valence-electron chi connectivity index (χ0n) is 15.5. The lowest BCUT2D eigenvalue weighted by Crippen LogP contribution is -2.47. The molecule has 4 rings (SSSR count). The molecule has 7 nitrogen and oxygen atoms in total. The maximum absolute atomic E-state index is 13.0. The predicted molar refractivity (Wildman–Crippen MR) is 107 cm³/mol. The van der Waals surface area contributed by atoms with Crippen LogP contribution in [0.1, 0.15) is 5.56 Å². The number of anilines is 3. The van der Waals surface area contributed by atoms with E-state index in [1.54, 1.807) is 30.9 Å². The van der Waals surface area contributed by atoms with E-state index in [0.717, 1.165) is 62.3 Å². The second kappa shape index (κ2) is 8.60. The van der Waals surface area contributed by atoms with E-state index in [0.29, 0.717) is 0 Å². The Balaban J connectivity index is 1.31. The summed E-state index contributed by atoms with van der Waals surface area (Å²) < 4.78 is 13.0. The van der Waals surface area contributed by atoms with Crippen LogP contribution in [0, 0.1) is 5.82 Å². The van der Waals surface area contributed by atoms with Crippen molar-refractivity contribution < 1.29 is 4.39 Å². The van der Waals surface area contributed by atoms with Crippen molar-refractivity contribution in [3.8, 4) is 0 Å². The standard InChI is InChI=1S/C20H22FN7/c21-17-4-2-16(3-5-17)6-9-22-18-14-19(26-15-25-18)27-10-12-28(13-11-27)20-23-7-1-8-24-20/h1-5,7-8,14-15H,6,9-13H2,(H,22,25,26). The third-order valence-corrected chi connectivity index (χ3v) is 4.72. The lowest BCUT2D eigenvalue weighted by atomic mass is 10.1. The number of rotatable bonds is 6. The lowest BCUT2D eigenvalue weighted by Gasteiger charge is -2.35. The third kappa shape index (κ3) is 4.51. The minimum Gasteiger partial charge on any atom is -0.370 e. The monoisotopic (exact) mass is 379 g/mol. The Morgan fingerprint density at radius 3 is 2.36 bits per heavy atom. The fourth-order valence-corrected chi connectivity index (χ4v) is 3.19. The molecule has 1 saturated heterocycles. The van der Waals surface area contributed by atoms with Gasteiger partial charge in [0.15, 0.2) is 0 Å². The first-order valence-electron chi connectivity index (χ1n) is 9.35. The summed E-state index contributed by atoms with van der Waals surface area (Å²) in [5.74, 6) is 2.26. The molecule has 3 aromatic rings. The van der Waals surface area contributed by atoms with Gasteiger partial charge in [0, 0.05) is 51.2 Å². The van der Waals surface area contributed by atoms with Gasteiger partial charge in [0.25, 0.3) is 0 Å². The van der Waals surface area contributed by atoms with Crippen molar-refractivity contribution in [2.75, 3.05) is 47.8 Å². The van der Waals surface area contributed by atoms with E-state index in [1.807, 2.05) is 12.1 Å². The number of hydrogen-bond acceptors (Lipinski definition) is 7. The van der Waals surface area contributed by atoms with Crippen LogP contribution in [0.15, 0.2) is 55.1 Å². The van der Waals surface area contributed by atoms with Crippen LogP contribution in [-0.4, -0.2) is 52.7 Å². The highest BCUT2D eigenvalue weighted by Gasteiger charge is 2.20. The molecular formula is C20H22FN7. The van der Waals surface area contributed by atoms with Gasteiger partial charge in [-0.1, -0.05) is 12.1 Å². The van der Waals surface area contributed by atoms with Crippen molar-refractivity contribution in [2.24, 2.45) is 0 Å². The van der Waals surface area contributed by atoms with Crippen molar-refractivity contribution in [2.45, 2.75) is 6.42 Å². The van der Waals surface area contributed by atoms with Crippen LogP contribution in [0.2, 0.25) is 0 Å². The summed E-state index contributed by atoms with van der Waals surface area (Å²) in [5, 5.41) is 3.32. The first kappa shape index (κ1) is 18.1. The van der Waals surface area contributed by atoms with Gasteiger partial charge in [-0.3, -0.25) is 0 Å². The van der Waals surface area contributed by atoms with Gasteiger partial charge in [-0.15, -0.1) is 0 Å². The molecule has 0 bridgehead atoms. The minimum atomic E-state index is -0.212. The Morgan fingerprint density at radius 2 is 1.61 bits per heavy atom. The molecule has 1 fully saturated rings. The quantitative estimate of drug-likeness (QED) is 0.705. The molecule has 0 spiro atoms. The van der Waals surface area contributed by atoms with Gasteiger partial charge in [-0.25, -0.2) is 24.3 Å². The average molecular weight is 379 g/mol. The van der Waals surface area contributed by atoms with E-state index >= 15 is 0 Å². The van der Waals surface area contributed by atoms with Gasteiger partial charge in [0.05, 0.1) is 0 Å². The highest BCUT2D eigenvalue weighted by atomic mass is 19.1. The number of aromatic nitrogens is 4. The van der Waals surface area contributed by atoms with Crippen LogP contribution in [-0.2, 0) is 6.42 Å². The van der Waals surface area contributed by atoms with Crippen molar-refractivity contribution in [3.63, 3.8) is 0 Å². The topological polar surface area (TPSA) is 70.1 Å². The Kier molecular flexibility index (Phi) is 5.56. The first-order valence-corrected chi connectivity index (χ1v) is 9.35. The molecule has 0 atom stereocenters. The van der Waals surface area contributed by atoms with Crippen LogP contribution in [0.5, 0.6) is 0 Å². The van der Waals surface area contributed by atoms with Crippen LogP contribution >= 0.6 is 0 Å². The number of halogens is 1. The Labute approximate surface area is 163 Å². The summed E-state index contributed by atoms with van der Waals surface area (Å²) in [6.07, 6.45) is 5.92. The molecule has 144 valence electrons. The van der Waals surface area contributed by atoms with E-state index in [9.17, 15) is 4.39 Å². The lowest BCUT2D eigenvalue weighted by molar-refractivity contribution is 0.627. The van der Waals surface area contributed by atoms with Gasteiger partial charge < -0.3 is 15.1 Å². The normalized spacial score (nSPS) is 14.2. The highest BCUT2D eigenvalue weighted by molar-refractivity contribution is 5.50. The molecule has 0 radical (unpaired) electrons. The molecule has 1 aliphatic rings. The fourth-order valence-electron chi connectivity index (χ4n) is 3.19. The van der Waals surface area contributed by atoms with E-state index in [-0.39, 0.29) is 5.82 Å². The molecule has 3 heterocycles. The van der Waals surface area contributed by atoms with Gasteiger partial charge >= 0.3 is 0 Å². The van der Waals surface area contributed by atoms with Crippen LogP contribution in [0.25, 0.3) is 0 Å². The minimum absolute atomic E-state index is 0.212. The predicted octanol–water partition coefficient (Wildman–Crippen LogP) is 2.39. The van der Waals surface area contributed by atoms with Crippen molar-refractivity contribution in [1.82, 2.24) is 19.9 Å². The summed E-state index contributed by atoms with van der Waals surface area (Å²) in [4.78, 5) is 21.8. The Bertz CT molecular complexity index is 881. The van der Waals surface area contributed by atoms with Crippen molar-refractivity contribution in [3.05, 3.63) is 66.5 Å². The highest BCUT2D eigenvalue weighted by Crippen LogP contribution is 2.18. The Morgan fingerprint density at radius 1 is 0.893 bits per heavy atom. The number of hydrogen-bond donors (Lipinski definition) is 1. The average Bonchev–Trinajstić information content (AvgIpc) is 2.76. The molecular weight excluding hydrogens is 357 g/mol. The molecule has 0 saturated carbocycles. The maximum atomic E-state index is 13.0. The molecule has 0 aliphatic carbocycles. The summed E-state index contributed by atoms with van der Waals surface area (Å²) in [6.45, 7) is 4.12. The smallest absolute Gasteiger partial charge is 0.225 e. The number of piperazine rings is 1. The summed E-state index contributed by atoms with van der Waals surface area (Å²) in [7, 11) is 0. The molecule has 28 heavy (non-hydrogen) atoms. The molecule has 1 N–H and O–H groups in total. The summed E-state index contributed by atoms with van der Waals surface area (Å²) in [6, 6.07) is 10.4. The number of nitrogens with zero attached hydrogens (tertiary/aromatic N) is 6. The largest absolute Gasteiger partial charge is 0.370 e. The third-order valence-electron chi connectivity index (χ3n) is 4.72. The molecule has 0 amide bonds. The van der Waals surface area contributed by atoms with Crippen LogP contribution in [0.4, 0.5) is 22.0 Å². The van der Waals surface area contributed by atoms with Crippen LogP contribution < -0.4 is 15.1 Å². The van der Waals surface area contributed by atoms with Gasteiger partial charge in [-0.2, -0.15) is 0 Å². The van der Waals surface area contributed by atoms with Crippen molar-refractivity contribution in [1.29, 1.82) is 0 Å². The summed E-state index contributed by atoms with van der Waals surface area (Å²) in [5.41, 5.74) is 1.09. The molecule has 2 aromatic heterocycles. The van der Waals surface area contributed by atoms with Crippen molar-refractivity contribution >= 4 is 17.6 Å². The fraction of sp³-hybridized carbons (Fsp3) is 0.300. The SMILES string of the molecule is Fc1ccc(CCNc2cc(N3CCN(c4ncccn4)CC3)ncn2)cc1. The van der Waals surface area contributed by atoms with E-state index in [2.05, 4.69) is 35.1 Å². The van der Waals surface area contributed by atoms with E-state index < -0.39 is 0 Å². The van der Waals surface area contributed by atoms with E-state index in [4.69, 9.17) is 0 Å². The van der Waals surface area contributed by atoms with E-state index in [1.165, 1.54) is 12.1 Å². The molecule has 0 unspecified atom stereocenters. The van der Waals surface area contributed by atoms with Gasteiger partial charge in [0.1, 0.15) is 23.8 Å². The second-order valence-corrected chi connectivity index (χ2v) is 6.59. The second-order valence-electron chi connectivity index (χ2n) is 6.59. The molecule has 8 heteroatoms. The number of benzene rings is 1. The molecule has 1 aromatic carbocycles. The van der Waals surface area contributed by atoms with Gasteiger partial charge in [0.2, 0.25) is 5.95 Å². The first-order chi connectivity index (χ1) is 13.8. The van der Waals surface area contributed by atoms with Gasteiger partial charge in [-0.05, 0) is 30.2 Å². The Hall–Kier alpha value is -3.29. The zero-order valence-corrected chi connectivity index (χ0v) is 15.5. The summed E-state index contributed by atoms with van der Waals surface area (Å²) >= 11 is 0. The zero-order chi connectivity index (χ0) is 19.2. The maximum Gasteiger partial charge on any atom is 0.225 e.